The van der Waals surface area contributed by atoms with Crippen LogP contribution in [0.4, 0.5) is 5.69 Å². The van der Waals surface area contributed by atoms with Crippen LogP contribution in [0.5, 0.6) is 0 Å². The van der Waals surface area contributed by atoms with Gasteiger partial charge >= 0.3 is 0 Å². The number of halogens is 1. The van der Waals surface area contributed by atoms with Crippen molar-refractivity contribution in [3.8, 4) is 0 Å². The molecule has 0 saturated carbocycles. The number of hydrogen-bond acceptors (Lipinski definition) is 3. The van der Waals surface area contributed by atoms with Gasteiger partial charge in [-0.25, -0.2) is 4.98 Å². The van der Waals surface area contributed by atoms with Crippen molar-refractivity contribution in [3.05, 3.63) is 22.9 Å². The number of morpholine rings is 1. The van der Waals surface area contributed by atoms with Crippen molar-refractivity contribution in [2.24, 2.45) is 0 Å². The van der Waals surface area contributed by atoms with E-state index in [2.05, 4.69) is 36.9 Å². The van der Waals surface area contributed by atoms with Crippen molar-refractivity contribution in [1.29, 1.82) is 0 Å². The zero-order valence-electron chi connectivity index (χ0n) is 8.74. The van der Waals surface area contributed by atoms with Crippen LogP contribution in [0.15, 0.2) is 22.9 Å². The Morgan fingerprint density at radius 3 is 2.94 bits per heavy atom. The normalized spacial score (nSPS) is 16.9. The van der Waals surface area contributed by atoms with Crippen LogP contribution in [0.2, 0.25) is 0 Å². The summed E-state index contributed by atoms with van der Waals surface area (Å²) in [5.41, 5.74) is 3.27. The lowest BCUT2D eigenvalue weighted by molar-refractivity contribution is 0.123. The second-order valence-electron chi connectivity index (χ2n) is 3.82. The van der Waals surface area contributed by atoms with Crippen LogP contribution in [-0.4, -0.2) is 36.3 Å². The molecular weight excluding hydrogens is 270 g/mol. The summed E-state index contributed by atoms with van der Waals surface area (Å²) < 4.78 is 6.44. The van der Waals surface area contributed by atoms with Gasteiger partial charge in [-0.1, -0.05) is 15.9 Å². The molecule has 1 aliphatic heterocycles. The van der Waals surface area contributed by atoms with Crippen LogP contribution in [0.3, 0.4) is 0 Å². The van der Waals surface area contributed by atoms with E-state index in [-0.39, 0.29) is 0 Å². The van der Waals surface area contributed by atoms with Gasteiger partial charge in [-0.15, -0.1) is 0 Å². The Labute approximate surface area is 102 Å². The fourth-order valence-electron chi connectivity index (χ4n) is 2.04. The van der Waals surface area contributed by atoms with E-state index in [1.54, 1.807) is 6.33 Å². The molecule has 16 heavy (non-hydrogen) atoms. The van der Waals surface area contributed by atoms with E-state index >= 15 is 0 Å². The third kappa shape index (κ3) is 1.70. The molecular formula is C11H12BrN3O. The van der Waals surface area contributed by atoms with Crippen LogP contribution < -0.4 is 4.90 Å². The number of anilines is 1. The molecule has 1 aromatic carbocycles. The maximum atomic E-state index is 5.36. The number of fused-ring (bicyclic) bond motifs is 1. The average Bonchev–Trinajstić information content (AvgIpc) is 2.77. The zero-order chi connectivity index (χ0) is 11.0. The van der Waals surface area contributed by atoms with Gasteiger partial charge in [0.2, 0.25) is 0 Å². The standard InChI is InChI=1S/C11H12BrN3O/c12-8-5-9-11(14-7-13-9)10(6-8)15-1-3-16-4-2-15/h5-7H,1-4H2,(H,13,14). The Morgan fingerprint density at radius 2 is 2.12 bits per heavy atom. The van der Waals surface area contributed by atoms with Gasteiger partial charge in [-0.2, -0.15) is 0 Å². The molecule has 0 radical (unpaired) electrons. The number of imidazole rings is 1. The minimum absolute atomic E-state index is 0.790. The number of nitrogens with one attached hydrogen (secondary N) is 1. The van der Waals surface area contributed by atoms with E-state index < -0.39 is 0 Å². The van der Waals surface area contributed by atoms with E-state index in [1.165, 1.54) is 5.69 Å². The van der Waals surface area contributed by atoms with E-state index in [0.29, 0.717) is 0 Å². The first-order valence-corrected chi connectivity index (χ1v) is 6.09. The van der Waals surface area contributed by atoms with Crippen LogP contribution in [0.1, 0.15) is 0 Å². The van der Waals surface area contributed by atoms with Gasteiger partial charge < -0.3 is 14.6 Å². The monoisotopic (exact) mass is 281 g/mol. The SMILES string of the molecule is Brc1cc(N2CCOCC2)c2nc[nH]c2c1. The maximum Gasteiger partial charge on any atom is 0.112 e. The van der Waals surface area contributed by atoms with Gasteiger partial charge in [0.05, 0.1) is 30.7 Å². The lowest BCUT2D eigenvalue weighted by Gasteiger charge is -2.29. The largest absolute Gasteiger partial charge is 0.378 e. The summed E-state index contributed by atoms with van der Waals surface area (Å²) in [6.45, 7) is 3.44. The molecule has 5 heteroatoms. The lowest BCUT2D eigenvalue weighted by atomic mass is 10.2. The van der Waals surface area contributed by atoms with E-state index in [1.807, 2.05) is 6.07 Å². The Balaban J connectivity index is 2.09. The molecule has 0 aliphatic carbocycles. The van der Waals surface area contributed by atoms with Gasteiger partial charge in [0, 0.05) is 17.6 Å². The summed E-state index contributed by atoms with van der Waals surface area (Å²) in [4.78, 5) is 9.83. The fourth-order valence-corrected chi connectivity index (χ4v) is 2.49. The number of H-pyrrole nitrogens is 1. The molecule has 1 aliphatic rings. The minimum Gasteiger partial charge on any atom is -0.378 e. The smallest absolute Gasteiger partial charge is 0.112 e. The predicted octanol–water partition coefficient (Wildman–Crippen LogP) is 2.16. The summed E-state index contributed by atoms with van der Waals surface area (Å²) in [7, 11) is 0. The molecule has 84 valence electrons. The van der Waals surface area contributed by atoms with Crippen molar-refractivity contribution in [2.45, 2.75) is 0 Å². The summed E-state index contributed by atoms with van der Waals surface area (Å²) in [5, 5.41) is 0. The van der Waals surface area contributed by atoms with Crippen LogP contribution in [-0.2, 0) is 4.74 Å². The Bertz CT molecular complexity index is 505. The van der Waals surface area contributed by atoms with Crippen LogP contribution >= 0.6 is 15.9 Å². The summed E-state index contributed by atoms with van der Waals surface area (Å²) >= 11 is 3.53. The topological polar surface area (TPSA) is 41.1 Å². The number of benzene rings is 1. The number of rotatable bonds is 1. The maximum absolute atomic E-state index is 5.36. The summed E-state index contributed by atoms with van der Waals surface area (Å²) in [6, 6.07) is 4.17. The van der Waals surface area contributed by atoms with E-state index in [0.717, 1.165) is 41.8 Å². The zero-order valence-corrected chi connectivity index (χ0v) is 10.3. The summed E-state index contributed by atoms with van der Waals surface area (Å²) in [5.74, 6) is 0. The molecule has 4 nitrogen and oxygen atoms in total. The third-order valence-electron chi connectivity index (χ3n) is 2.82. The fraction of sp³-hybridized carbons (Fsp3) is 0.364. The quantitative estimate of drug-likeness (QED) is 0.871. The van der Waals surface area contributed by atoms with Gasteiger partial charge in [0.15, 0.2) is 0 Å². The molecule has 0 amide bonds. The summed E-state index contributed by atoms with van der Waals surface area (Å²) in [6.07, 6.45) is 1.74. The first kappa shape index (κ1) is 10.1. The van der Waals surface area contributed by atoms with Crippen molar-refractivity contribution >= 4 is 32.7 Å². The second-order valence-corrected chi connectivity index (χ2v) is 4.74. The van der Waals surface area contributed by atoms with Gasteiger partial charge in [0.25, 0.3) is 0 Å². The number of aromatic nitrogens is 2. The van der Waals surface area contributed by atoms with Gasteiger partial charge in [0.1, 0.15) is 5.52 Å². The molecule has 2 aromatic rings. The van der Waals surface area contributed by atoms with Crippen molar-refractivity contribution < 1.29 is 4.74 Å². The lowest BCUT2D eigenvalue weighted by Crippen LogP contribution is -2.36. The Kier molecular flexibility index (Phi) is 2.57. The van der Waals surface area contributed by atoms with Gasteiger partial charge in [-0.3, -0.25) is 0 Å². The number of nitrogens with zero attached hydrogens (tertiary/aromatic N) is 2. The minimum atomic E-state index is 0.790. The molecule has 0 atom stereocenters. The molecule has 0 bridgehead atoms. The molecule has 1 N–H and O–H groups in total. The number of aromatic amines is 1. The van der Waals surface area contributed by atoms with Crippen LogP contribution in [0.25, 0.3) is 11.0 Å². The predicted molar refractivity (Wildman–Crippen MR) is 66.8 cm³/mol. The molecule has 1 fully saturated rings. The molecule has 0 spiro atoms. The first-order valence-electron chi connectivity index (χ1n) is 5.30. The highest BCUT2D eigenvalue weighted by molar-refractivity contribution is 9.10. The molecule has 1 saturated heterocycles. The molecule has 1 aromatic heterocycles. The molecule has 0 unspecified atom stereocenters. The highest BCUT2D eigenvalue weighted by Gasteiger charge is 2.15. The third-order valence-corrected chi connectivity index (χ3v) is 3.28. The van der Waals surface area contributed by atoms with E-state index in [4.69, 9.17) is 4.74 Å². The van der Waals surface area contributed by atoms with E-state index in [9.17, 15) is 0 Å². The highest BCUT2D eigenvalue weighted by Crippen LogP contribution is 2.29. The first-order chi connectivity index (χ1) is 7.84. The molecule has 2 heterocycles. The highest BCUT2D eigenvalue weighted by atomic mass is 79.9. The average molecular weight is 282 g/mol. The van der Waals surface area contributed by atoms with Crippen molar-refractivity contribution in [2.75, 3.05) is 31.2 Å². The van der Waals surface area contributed by atoms with Crippen molar-refractivity contribution in [3.63, 3.8) is 0 Å². The van der Waals surface area contributed by atoms with Gasteiger partial charge in [-0.05, 0) is 12.1 Å². The Hall–Kier alpha value is -1.07. The Morgan fingerprint density at radius 1 is 1.31 bits per heavy atom. The number of ether oxygens (including phenoxy) is 1. The van der Waals surface area contributed by atoms with Crippen molar-refractivity contribution in [1.82, 2.24) is 9.97 Å². The van der Waals surface area contributed by atoms with Crippen LogP contribution in [0, 0.1) is 0 Å². The molecule has 3 rings (SSSR count). The second kappa shape index (κ2) is 4.07. The number of hydrogen-bond donors (Lipinski definition) is 1.